The van der Waals surface area contributed by atoms with Crippen LogP contribution in [0.25, 0.3) is 0 Å². The van der Waals surface area contributed by atoms with Gasteiger partial charge in [0.05, 0.1) is 11.1 Å². The third kappa shape index (κ3) is 4.37. The monoisotopic (exact) mass is 297 g/mol. The molecule has 1 aromatic carbocycles. The van der Waals surface area contributed by atoms with Gasteiger partial charge in [0.25, 0.3) is 0 Å². The van der Waals surface area contributed by atoms with Crippen LogP contribution >= 0.6 is 11.6 Å². The zero-order chi connectivity index (χ0) is 14.5. The Morgan fingerprint density at radius 3 is 2.75 bits per heavy atom. The Kier molecular flexibility index (Phi) is 5.70. The van der Waals surface area contributed by atoms with Crippen molar-refractivity contribution >= 4 is 11.6 Å². The van der Waals surface area contributed by atoms with Crippen LogP contribution in [0.2, 0.25) is 5.02 Å². The van der Waals surface area contributed by atoms with E-state index in [0.29, 0.717) is 16.8 Å². The average molecular weight is 298 g/mol. The lowest BCUT2D eigenvalue weighted by Gasteiger charge is -2.28. The van der Waals surface area contributed by atoms with Crippen molar-refractivity contribution in [2.45, 2.75) is 64.3 Å². The Morgan fingerprint density at radius 2 is 2.10 bits per heavy atom. The van der Waals surface area contributed by atoms with Gasteiger partial charge in [-0.2, -0.15) is 0 Å². The zero-order valence-corrected chi connectivity index (χ0v) is 13.0. The van der Waals surface area contributed by atoms with E-state index in [1.165, 1.54) is 0 Å². The summed E-state index contributed by atoms with van der Waals surface area (Å²) in [5, 5.41) is 13.9. The average Bonchev–Trinajstić information content (AvgIpc) is 2.41. The van der Waals surface area contributed by atoms with Crippen molar-refractivity contribution in [3.8, 4) is 5.75 Å². The molecule has 1 aromatic rings. The summed E-state index contributed by atoms with van der Waals surface area (Å²) in [5.41, 5.74) is 1.14. The standard InChI is InChI=1S/C16H24ClNO2/c1-11(2)18-10-12-7-8-15(13(17)9-12)20-16-6-4-3-5-14(16)19/h7-9,11,14,16,18-19H,3-6,10H2,1-2H3. The fourth-order valence-electron chi connectivity index (χ4n) is 2.45. The van der Waals surface area contributed by atoms with Crippen LogP contribution in [0.1, 0.15) is 45.1 Å². The smallest absolute Gasteiger partial charge is 0.138 e. The molecular weight excluding hydrogens is 274 g/mol. The summed E-state index contributed by atoms with van der Waals surface area (Å²) < 4.78 is 5.88. The van der Waals surface area contributed by atoms with Crippen molar-refractivity contribution in [1.29, 1.82) is 0 Å². The molecule has 1 fully saturated rings. The number of rotatable bonds is 5. The predicted molar refractivity (Wildman–Crippen MR) is 82.3 cm³/mol. The van der Waals surface area contributed by atoms with Gasteiger partial charge in [-0.3, -0.25) is 0 Å². The number of aliphatic hydroxyl groups excluding tert-OH is 1. The van der Waals surface area contributed by atoms with Crippen molar-refractivity contribution in [2.24, 2.45) is 0 Å². The third-order valence-corrected chi connectivity index (χ3v) is 3.95. The van der Waals surface area contributed by atoms with E-state index < -0.39 is 0 Å². The van der Waals surface area contributed by atoms with Crippen molar-refractivity contribution in [2.75, 3.05) is 0 Å². The number of nitrogens with one attached hydrogen (secondary N) is 1. The molecule has 0 aliphatic heterocycles. The molecule has 0 saturated heterocycles. The van der Waals surface area contributed by atoms with Crippen molar-refractivity contribution < 1.29 is 9.84 Å². The SMILES string of the molecule is CC(C)NCc1ccc(OC2CCCCC2O)c(Cl)c1. The molecule has 0 bridgehead atoms. The first-order valence-corrected chi connectivity index (χ1v) is 7.80. The largest absolute Gasteiger partial charge is 0.486 e. The van der Waals surface area contributed by atoms with Crippen molar-refractivity contribution in [3.63, 3.8) is 0 Å². The van der Waals surface area contributed by atoms with Gasteiger partial charge in [0, 0.05) is 12.6 Å². The number of hydrogen-bond donors (Lipinski definition) is 2. The fraction of sp³-hybridized carbons (Fsp3) is 0.625. The number of ether oxygens (including phenoxy) is 1. The van der Waals surface area contributed by atoms with Crippen LogP contribution in [0.4, 0.5) is 0 Å². The molecule has 4 heteroatoms. The first-order chi connectivity index (χ1) is 9.56. The molecule has 1 saturated carbocycles. The maximum atomic E-state index is 9.94. The van der Waals surface area contributed by atoms with Crippen LogP contribution in [0.3, 0.4) is 0 Å². The molecule has 20 heavy (non-hydrogen) atoms. The second kappa shape index (κ2) is 7.30. The van der Waals surface area contributed by atoms with E-state index in [2.05, 4.69) is 19.2 Å². The van der Waals surface area contributed by atoms with Gasteiger partial charge in [0.1, 0.15) is 11.9 Å². The van der Waals surface area contributed by atoms with Gasteiger partial charge in [-0.25, -0.2) is 0 Å². The van der Waals surface area contributed by atoms with Gasteiger partial charge in [0.15, 0.2) is 0 Å². The minimum absolute atomic E-state index is 0.124. The van der Waals surface area contributed by atoms with Gasteiger partial charge in [-0.1, -0.05) is 37.9 Å². The molecule has 2 atom stereocenters. The predicted octanol–water partition coefficient (Wildman–Crippen LogP) is 3.52. The third-order valence-electron chi connectivity index (χ3n) is 3.66. The quantitative estimate of drug-likeness (QED) is 0.874. The topological polar surface area (TPSA) is 41.5 Å². The van der Waals surface area contributed by atoms with E-state index in [4.69, 9.17) is 16.3 Å². The Bertz CT molecular complexity index is 436. The lowest BCUT2D eigenvalue weighted by Crippen LogP contribution is -2.34. The van der Waals surface area contributed by atoms with E-state index in [0.717, 1.165) is 37.8 Å². The Morgan fingerprint density at radius 1 is 1.35 bits per heavy atom. The molecule has 0 spiro atoms. The van der Waals surface area contributed by atoms with Crippen LogP contribution in [-0.4, -0.2) is 23.4 Å². The van der Waals surface area contributed by atoms with Crippen LogP contribution in [0.15, 0.2) is 18.2 Å². The van der Waals surface area contributed by atoms with Crippen LogP contribution in [0, 0.1) is 0 Å². The highest BCUT2D eigenvalue weighted by molar-refractivity contribution is 6.32. The van der Waals surface area contributed by atoms with Gasteiger partial charge < -0.3 is 15.2 Å². The highest BCUT2D eigenvalue weighted by Crippen LogP contribution is 2.30. The molecule has 1 aliphatic rings. The number of halogens is 1. The highest BCUT2D eigenvalue weighted by atomic mass is 35.5. The van der Waals surface area contributed by atoms with Crippen molar-refractivity contribution in [1.82, 2.24) is 5.32 Å². The van der Waals surface area contributed by atoms with E-state index in [-0.39, 0.29) is 12.2 Å². The van der Waals surface area contributed by atoms with Crippen molar-refractivity contribution in [3.05, 3.63) is 28.8 Å². The van der Waals surface area contributed by atoms with Crippen LogP contribution in [-0.2, 0) is 6.54 Å². The summed E-state index contributed by atoms with van der Waals surface area (Å²) in [6.07, 6.45) is 3.40. The second-order valence-electron chi connectivity index (χ2n) is 5.81. The Labute approximate surface area is 126 Å². The maximum absolute atomic E-state index is 9.94. The second-order valence-corrected chi connectivity index (χ2v) is 6.22. The zero-order valence-electron chi connectivity index (χ0n) is 12.2. The summed E-state index contributed by atoms with van der Waals surface area (Å²) in [6, 6.07) is 6.30. The summed E-state index contributed by atoms with van der Waals surface area (Å²) in [4.78, 5) is 0. The lowest BCUT2D eigenvalue weighted by molar-refractivity contribution is 0.00692. The molecule has 2 N–H and O–H groups in total. The van der Waals surface area contributed by atoms with Crippen LogP contribution < -0.4 is 10.1 Å². The maximum Gasteiger partial charge on any atom is 0.138 e. The molecule has 1 aliphatic carbocycles. The minimum atomic E-state index is -0.373. The summed E-state index contributed by atoms with van der Waals surface area (Å²) in [5.74, 6) is 0.672. The Balaban J connectivity index is 1.98. The first kappa shape index (κ1) is 15.6. The molecule has 2 unspecified atom stereocenters. The number of benzene rings is 1. The molecule has 2 rings (SSSR count). The van der Waals surface area contributed by atoms with E-state index in [9.17, 15) is 5.11 Å². The lowest BCUT2D eigenvalue weighted by atomic mass is 9.95. The number of aliphatic hydroxyl groups is 1. The van der Waals surface area contributed by atoms with Gasteiger partial charge in [0.2, 0.25) is 0 Å². The molecule has 112 valence electrons. The van der Waals surface area contributed by atoms with Gasteiger partial charge in [-0.15, -0.1) is 0 Å². The summed E-state index contributed by atoms with van der Waals surface area (Å²) in [6.45, 7) is 5.02. The first-order valence-electron chi connectivity index (χ1n) is 7.43. The summed E-state index contributed by atoms with van der Waals surface area (Å²) in [7, 11) is 0. The van der Waals surface area contributed by atoms with E-state index in [1.807, 2.05) is 18.2 Å². The van der Waals surface area contributed by atoms with Crippen LogP contribution in [0.5, 0.6) is 5.75 Å². The van der Waals surface area contributed by atoms with E-state index >= 15 is 0 Å². The fourth-order valence-corrected chi connectivity index (χ4v) is 2.70. The molecule has 0 aromatic heterocycles. The Hall–Kier alpha value is -0.770. The summed E-state index contributed by atoms with van der Waals surface area (Å²) >= 11 is 6.28. The van der Waals surface area contributed by atoms with Gasteiger partial charge in [-0.05, 0) is 37.0 Å². The minimum Gasteiger partial charge on any atom is -0.486 e. The van der Waals surface area contributed by atoms with Gasteiger partial charge >= 0.3 is 0 Å². The molecule has 0 heterocycles. The van der Waals surface area contributed by atoms with E-state index in [1.54, 1.807) is 0 Å². The molecular formula is C16H24ClNO2. The molecule has 3 nitrogen and oxygen atoms in total. The molecule has 0 radical (unpaired) electrons. The number of hydrogen-bond acceptors (Lipinski definition) is 3. The molecule has 0 amide bonds. The highest BCUT2D eigenvalue weighted by Gasteiger charge is 2.25. The normalized spacial score (nSPS) is 23.1.